The van der Waals surface area contributed by atoms with Gasteiger partial charge >= 0.3 is 0 Å². The summed E-state index contributed by atoms with van der Waals surface area (Å²) in [4.78, 5) is 2.33. The van der Waals surface area contributed by atoms with Crippen molar-refractivity contribution in [1.82, 2.24) is 4.90 Å². The van der Waals surface area contributed by atoms with Crippen LogP contribution in [0.25, 0.3) is 0 Å². The fraction of sp³-hybridized carbons (Fsp3) is 0.500. The predicted octanol–water partition coefficient (Wildman–Crippen LogP) is 2.59. The zero-order valence-electron chi connectivity index (χ0n) is 9.96. The summed E-state index contributed by atoms with van der Waals surface area (Å²) in [5.41, 5.74) is 6.56. The van der Waals surface area contributed by atoms with Crippen LogP contribution in [-0.2, 0) is 0 Å². The molecule has 98 valence electrons. The van der Waals surface area contributed by atoms with Crippen molar-refractivity contribution in [3.05, 3.63) is 24.3 Å². The molecule has 0 aliphatic carbocycles. The Bertz CT molecular complexity index is 328. The first kappa shape index (κ1) is 16.4. The lowest BCUT2D eigenvalue weighted by molar-refractivity contribution is 0.115. The van der Waals surface area contributed by atoms with E-state index in [0.717, 1.165) is 37.4 Å². The lowest BCUT2D eigenvalue weighted by atomic mass is 10.1. The molecule has 1 fully saturated rings. The molecule has 0 bridgehead atoms. The van der Waals surface area contributed by atoms with Crippen molar-refractivity contribution in [2.24, 2.45) is 0 Å². The Morgan fingerprint density at radius 2 is 1.76 bits per heavy atom. The lowest BCUT2D eigenvalue weighted by Crippen LogP contribution is -2.35. The molecular formula is C12H20Cl2N2O. The van der Waals surface area contributed by atoms with Gasteiger partial charge in [0.25, 0.3) is 0 Å². The van der Waals surface area contributed by atoms with Crippen molar-refractivity contribution in [1.29, 1.82) is 0 Å². The molecule has 1 aromatic rings. The largest absolute Gasteiger partial charge is 0.488 e. The Morgan fingerprint density at radius 3 is 2.35 bits per heavy atom. The van der Waals surface area contributed by atoms with Gasteiger partial charge in [-0.3, -0.25) is 0 Å². The van der Waals surface area contributed by atoms with Crippen molar-refractivity contribution in [2.75, 3.05) is 25.9 Å². The average Bonchev–Trinajstić information content (AvgIpc) is 2.25. The number of para-hydroxylation sites is 2. The van der Waals surface area contributed by atoms with Gasteiger partial charge in [-0.25, -0.2) is 0 Å². The highest BCUT2D eigenvalue weighted by molar-refractivity contribution is 5.85. The summed E-state index contributed by atoms with van der Waals surface area (Å²) < 4.78 is 5.88. The summed E-state index contributed by atoms with van der Waals surface area (Å²) >= 11 is 0. The SMILES string of the molecule is CN1CCC(Oc2ccccc2N)CC1.Cl.Cl. The van der Waals surface area contributed by atoms with Gasteiger partial charge in [0.15, 0.2) is 0 Å². The van der Waals surface area contributed by atoms with Crippen molar-refractivity contribution >= 4 is 30.5 Å². The number of anilines is 1. The third kappa shape index (κ3) is 4.62. The number of nitrogens with zero attached hydrogens (tertiary/aromatic N) is 1. The van der Waals surface area contributed by atoms with Crippen LogP contribution >= 0.6 is 24.8 Å². The highest BCUT2D eigenvalue weighted by Crippen LogP contribution is 2.24. The second-order valence-electron chi connectivity index (χ2n) is 4.16. The molecule has 0 spiro atoms. The van der Waals surface area contributed by atoms with E-state index in [1.807, 2.05) is 24.3 Å². The topological polar surface area (TPSA) is 38.5 Å². The molecule has 1 aliphatic rings. The molecule has 0 saturated carbocycles. The Balaban J connectivity index is 0.00000128. The van der Waals surface area contributed by atoms with Gasteiger partial charge in [0.2, 0.25) is 0 Å². The second-order valence-corrected chi connectivity index (χ2v) is 4.16. The van der Waals surface area contributed by atoms with Gasteiger partial charge in [-0.15, -0.1) is 24.8 Å². The van der Waals surface area contributed by atoms with Crippen molar-refractivity contribution in [3.8, 4) is 5.75 Å². The van der Waals surface area contributed by atoms with Crippen LogP contribution in [0.1, 0.15) is 12.8 Å². The van der Waals surface area contributed by atoms with Gasteiger partial charge in [-0.1, -0.05) is 12.1 Å². The summed E-state index contributed by atoms with van der Waals surface area (Å²) in [6.07, 6.45) is 2.50. The summed E-state index contributed by atoms with van der Waals surface area (Å²) in [6.45, 7) is 2.22. The van der Waals surface area contributed by atoms with Crippen LogP contribution in [0.2, 0.25) is 0 Å². The zero-order chi connectivity index (χ0) is 10.7. The van der Waals surface area contributed by atoms with Gasteiger partial charge in [0.1, 0.15) is 11.9 Å². The number of ether oxygens (including phenoxy) is 1. The Hall–Kier alpha value is -0.640. The third-order valence-electron chi connectivity index (χ3n) is 2.88. The number of nitrogens with two attached hydrogens (primary N) is 1. The fourth-order valence-corrected chi connectivity index (χ4v) is 1.87. The molecule has 0 unspecified atom stereocenters. The maximum absolute atomic E-state index is 5.88. The Labute approximate surface area is 115 Å². The number of hydrogen-bond donors (Lipinski definition) is 1. The van der Waals surface area contributed by atoms with E-state index in [-0.39, 0.29) is 24.8 Å². The number of piperidine rings is 1. The number of benzene rings is 1. The van der Waals surface area contributed by atoms with Crippen LogP contribution in [0.15, 0.2) is 24.3 Å². The van der Waals surface area contributed by atoms with E-state index in [4.69, 9.17) is 10.5 Å². The first-order valence-electron chi connectivity index (χ1n) is 5.45. The first-order valence-corrected chi connectivity index (χ1v) is 5.45. The van der Waals surface area contributed by atoms with Gasteiger partial charge in [0, 0.05) is 13.1 Å². The predicted molar refractivity (Wildman–Crippen MR) is 76.5 cm³/mol. The van der Waals surface area contributed by atoms with Crippen molar-refractivity contribution in [3.63, 3.8) is 0 Å². The van der Waals surface area contributed by atoms with Crippen LogP contribution in [0.3, 0.4) is 0 Å². The van der Waals surface area contributed by atoms with Crippen molar-refractivity contribution in [2.45, 2.75) is 18.9 Å². The molecule has 2 rings (SSSR count). The van der Waals surface area contributed by atoms with Gasteiger partial charge in [0.05, 0.1) is 5.69 Å². The smallest absolute Gasteiger partial charge is 0.142 e. The minimum Gasteiger partial charge on any atom is -0.488 e. The molecule has 5 heteroatoms. The molecule has 1 heterocycles. The van der Waals surface area contributed by atoms with Gasteiger partial charge in [-0.05, 0) is 32.0 Å². The van der Waals surface area contributed by atoms with E-state index in [9.17, 15) is 0 Å². The fourth-order valence-electron chi connectivity index (χ4n) is 1.87. The van der Waals surface area contributed by atoms with Crippen LogP contribution < -0.4 is 10.5 Å². The molecule has 0 radical (unpaired) electrons. The van der Waals surface area contributed by atoms with Crippen LogP contribution in [0.5, 0.6) is 5.75 Å². The van der Waals surface area contributed by atoms with Crippen LogP contribution in [0.4, 0.5) is 5.69 Å². The first-order chi connectivity index (χ1) is 7.25. The molecule has 0 aromatic heterocycles. The highest BCUT2D eigenvalue weighted by Gasteiger charge is 2.18. The number of nitrogen functional groups attached to an aromatic ring is 1. The number of hydrogen-bond acceptors (Lipinski definition) is 3. The van der Waals surface area contributed by atoms with Gasteiger partial charge < -0.3 is 15.4 Å². The average molecular weight is 279 g/mol. The molecule has 17 heavy (non-hydrogen) atoms. The van der Waals surface area contributed by atoms with E-state index in [1.165, 1.54) is 0 Å². The number of likely N-dealkylation sites (tertiary alicyclic amines) is 1. The minimum atomic E-state index is 0. The van der Waals surface area contributed by atoms with E-state index in [0.29, 0.717) is 6.10 Å². The minimum absolute atomic E-state index is 0. The Morgan fingerprint density at radius 1 is 1.18 bits per heavy atom. The molecule has 3 nitrogen and oxygen atoms in total. The van der Waals surface area contributed by atoms with E-state index < -0.39 is 0 Å². The molecule has 1 aliphatic heterocycles. The van der Waals surface area contributed by atoms with E-state index in [1.54, 1.807) is 0 Å². The van der Waals surface area contributed by atoms with E-state index >= 15 is 0 Å². The summed E-state index contributed by atoms with van der Waals surface area (Å²) in [5.74, 6) is 0.826. The monoisotopic (exact) mass is 278 g/mol. The standard InChI is InChI=1S/C12H18N2O.2ClH/c1-14-8-6-10(7-9-14)15-12-5-3-2-4-11(12)13;;/h2-5,10H,6-9,13H2,1H3;2*1H. The summed E-state index contributed by atoms with van der Waals surface area (Å²) in [5, 5.41) is 0. The molecular weight excluding hydrogens is 259 g/mol. The summed E-state index contributed by atoms with van der Waals surface area (Å²) in [6, 6.07) is 7.70. The highest BCUT2D eigenvalue weighted by atomic mass is 35.5. The molecule has 0 atom stereocenters. The van der Waals surface area contributed by atoms with Crippen LogP contribution in [-0.4, -0.2) is 31.1 Å². The zero-order valence-corrected chi connectivity index (χ0v) is 11.6. The maximum atomic E-state index is 5.88. The molecule has 0 amide bonds. The Kier molecular flexibility index (Phi) is 7.35. The normalized spacial score (nSPS) is 16.8. The maximum Gasteiger partial charge on any atom is 0.142 e. The lowest BCUT2D eigenvalue weighted by Gasteiger charge is -2.29. The molecule has 1 saturated heterocycles. The van der Waals surface area contributed by atoms with Crippen LogP contribution in [0, 0.1) is 0 Å². The second kappa shape index (κ2) is 7.64. The molecule has 1 aromatic carbocycles. The van der Waals surface area contributed by atoms with Gasteiger partial charge in [-0.2, -0.15) is 0 Å². The van der Waals surface area contributed by atoms with Crippen molar-refractivity contribution < 1.29 is 4.74 Å². The number of rotatable bonds is 2. The molecule has 2 N–H and O–H groups in total. The summed E-state index contributed by atoms with van der Waals surface area (Å²) in [7, 11) is 2.15. The number of halogens is 2. The quantitative estimate of drug-likeness (QED) is 0.846. The third-order valence-corrected chi connectivity index (χ3v) is 2.88. The van der Waals surface area contributed by atoms with E-state index in [2.05, 4.69) is 11.9 Å².